The van der Waals surface area contributed by atoms with Gasteiger partial charge < -0.3 is 10.6 Å². The van der Waals surface area contributed by atoms with Crippen molar-refractivity contribution in [2.45, 2.75) is 25.8 Å². The number of nitrogens with two attached hydrogens (primary N) is 1. The number of nitrogens with zero attached hydrogens (tertiary/aromatic N) is 3. The van der Waals surface area contributed by atoms with E-state index in [1.807, 2.05) is 23.1 Å². The van der Waals surface area contributed by atoms with E-state index in [1.165, 1.54) is 30.8 Å². The van der Waals surface area contributed by atoms with E-state index in [2.05, 4.69) is 34.2 Å². The van der Waals surface area contributed by atoms with Crippen LogP contribution in [0, 0.1) is 5.92 Å². The minimum Gasteiger partial charge on any atom is -0.370 e. The zero-order chi connectivity index (χ0) is 16.1. The van der Waals surface area contributed by atoms with E-state index >= 15 is 0 Å². The van der Waals surface area contributed by atoms with Crippen LogP contribution in [0.15, 0.2) is 22.5 Å². The van der Waals surface area contributed by atoms with Gasteiger partial charge in [-0.25, -0.2) is 0 Å². The molecule has 2 N–H and O–H groups in total. The van der Waals surface area contributed by atoms with Crippen molar-refractivity contribution in [3.8, 4) is 0 Å². The summed E-state index contributed by atoms with van der Waals surface area (Å²) >= 11 is 3.85. The maximum atomic E-state index is 6.25. The average Bonchev–Trinajstić information content (AvgIpc) is 3.11. The molecule has 3 heterocycles. The number of aliphatic imine (C=N–C) groups is 1. The van der Waals surface area contributed by atoms with Gasteiger partial charge in [0.15, 0.2) is 5.96 Å². The van der Waals surface area contributed by atoms with Gasteiger partial charge in [0, 0.05) is 29.5 Å². The van der Waals surface area contributed by atoms with Gasteiger partial charge >= 0.3 is 0 Å². The molecular weight excluding hydrogens is 451 g/mol. The molecule has 1 aromatic rings. The van der Waals surface area contributed by atoms with Crippen LogP contribution in [0.3, 0.4) is 0 Å². The van der Waals surface area contributed by atoms with Gasteiger partial charge in [0.25, 0.3) is 0 Å². The van der Waals surface area contributed by atoms with E-state index in [1.54, 1.807) is 0 Å². The number of piperidine rings is 1. The predicted molar refractivity (Wildman–Crippen MR) is 118 cm³/mol. The molecule has 2 saturated heterocycles. The van der Waals surface area contributed by atoms with Crippen LogP contribution < -0.4 is 5.73 Å². The number of thiophene rings is 1. The second kappa shape index (κ2) is 10.2. The molecule has 2 aliphatic heterocycles. The Labute approximate surface area is 171 Å². The van der Waals surface area contributed by atoms with Crippen molar-refractivity contribution in [1.82, 2.24) is 9.80 Å². The lowest BCUT2D eigenvalue weighted by atomic mass is 9.97. The number of hydrogen-bond acceptors (Lipinski definition) is 4. The normalized spacial score (nSPS) is 22.2. The predicted octanol–water partition coefficient (Wildman–Crippen LogP) is 3.50. The summed E-state index contributed by atoms with van der Waals surface area (Å²) in [7, 11) is 0. The number of halogens is 1. The first-order chi connectivity index (χ1) is 11.2. The SMILES string of the molecule is CC1CCN(C(CN=C(N)N2CCSCC2)c2cccs2)CC1.I. The number of rotatable bonds is 4. The molecule has 3 rings (SSSR count). The fraction of sp³-hybridized carbons (Fsp3) is 0.706. The van der Waals surface area contributed by atoms with Crippen molar-refractivity contribution in [3.05, 3.63) is 22.4 Å². The Morgan fingerprint density at radius 1 is 1.29 bits per heavy atom. The first kappa shape index (κ1) is 20.3. The number of thioether (sulfide) groups is 1. The average molecular weight is 480 g/mol. The third kappa shape index (κ3) is 5.51. The summed E-state index contributed by atoms with van der Waals surface area (Å²) in [5.74, 6) is 3.91. The van der Waals surface area contributed by atoms with E-state index in [0.717, 1.165) is 43.0 Å². The van der Waals surface area contributed by atoms with Crippen molar-refractivity contribution < 1.29 is 0 Å². The molecule has 1 atom stereocenters. The van der Waals surface area contributed by atoms with Gasteiger partial charge in [-0.15, -0.1) is 35.3 Å². The molecule has 24 heavy (non-hydrogen) atoms. The highest BCUT2D eigenvalue weighted by molar-refractivity contribution is 14.0. The third-order valence-electron chi connectivity index (χ3n) is 4.89. The Morgan fingerprint density at radius 3 is 2.62 bits per heavy atom. The maximum absolute atomic E-state index is 6.25. The lowest BCUT2D eigenvalue weighted by Gasteiger charge is -2.36. The maximum Gasteiger partial charge on any atom is 0.191 e. The van der Waals surface area contributed by atoms with Crippen molar-refractivity contribution in [1.29, 1.82) is 0 Å². The highest BCUT2D eigenvalue weighted by atomic mass is 127. The van der Waals surface area contributed by atoms with Gasteiger partial charge in [0.2, 0.25) is 0 Å². The summed E-state index contributed by atoms with van der Waals surface area (Å²) in [6, 6.07) is 4.78. The number of guanidine groups is 1. The minimum atomic E-state index is 0. The van der Waals surface area contributed by atoms with Crippen LogP contribution in [-0.2, 0) is 0 Å². The molecular formula is C17H29IN4S2. The van der Waals surface area contributed by atoms with Crippen LogP contribution in [0.4, 0.5) is 0 Å². The lowest BCUT2D eigenvalue weighted by molar-refractivity contribution is 0.143. The van der Waals surface area contributed by atoms with E-state index in [9.17, 15) is 0 Å². The zero-order valence-corrected chi connectivity index (χ0v) is 18.4. The highest BCUT2D eigenvalue weighted by Crippen LogP contribution is 2.29. The molecule has 0 saturated carbocycles. The van der Waals surface area contributed by atoms with Crippen LogP contribution in [-0.4, -0.2) is 60.0 Å². The molecule has 7 heteroatoms. The van der Waals surface area contributed by atoms with E-state index in [0.29, 0.717) is 6.04 Å². The van der Waals surface area contributed by atoms with Gasteiger partial charge in [-0.05, 0) is 43.3 Å². The number of likely N-dealkylation sites (tertiary alicyclic amines) is 1. The van der Waals surface area contributed by atoms with Crippen LogP contribution >= 0.6 is 47.1 Å². The summed E-state index contributed by atoms with van der Waals surface area (Å²) in [5.41, 5.74) is 6.25. The van der Waals surface area contributed by atoms with Gasteiger partial charge in [-0.2, -0.15) is 11.8 Å². The molecule has 0 bridgehead atoms. The number of hydrogen-bond donors (Lipinski definition) is 1. The van der Waals surface area contributed by atoms with E-state index in [-0.39, 0.29) is 24.0 Å². The molecule has 0 radical (unpaired) electrons. The molecule has 2 aliphatic rings. The van der Waals surface area contributed by atoms with Crippen molar-refractivity contribution in [2.75, 3.05) is 44.2 Å². The zero-order valence-electron chi connectivity index (χ0n) is 14.4. The largest absolute Gasteiger partial charge is 0.370 e. The summed E-state index contributed by atoms with van der Waals surface area (Å²) in [6.07, 6.45) is 2.59. The van der Waals surface area contributed by atoms with Crippen LogP contribution in [0.5, 0.6) is 0 Å². The van der Waals surface area contributed by atoms with E-state index in [4.69, 9.17) is 10.7 Å². The van der Waals surface area contributed by atoms with Crippen molar-refractivity contribution >= 4 is 53.0 Å². The Bertz CT molecular complexity index is 495. The van der Waals surface area contributed by atoms with E-state index < -0.39 is 0 Å². The van der Waals surface area contributed by atoms with Crippen LogP contribution in [0.1, 0.15) is 30.7 Å². The fourth-order valence-electron chi connectivity index (χ4n) is 3.28. The standard InChI is InChI=1S/C17H28N4S2.HI/c1-14-4-6-20(7-5-14)15(16-3-2-10-23-16)13-19-17(18)21-8-11-22-12-9-21;/h2-3,10,14-15H,4-9,11-13H2,1H3,(H2,18,19);1H. The summed E-state index contributed by atoms with van der Waals surface area (Å²) in [6.45, 7) is 7.57. The monoisotopic (exact) mass is 480 g/mol. The second-order valence-corrected chi connectivity index (χ2v) is 8.75. The summed E-state index contributed by atoms with van der Waals surface area (Å²) in [5, 5.41) is 2.17. The smallest absolute Gasteiger partial charge is 0.191 e. The molecule has 4 nitrogen and oxygen atoms in total. The molecule has 0 aromatic carbocycles. The Hall–Kier alpha value is 0.01000. The fourth-order valence-corrected chi connectivity index (χ4v) is 5.03. The third-order valence-corrected chi connectivity index (χ3v) is 6.81. The van der Waals surface area contributed by atoms with Crippen molar-refractivity contribution in [2.24, 2.45) is 16.6 Å². The lowest BCUT2D eigenvalue weighted by Crippen LogP contribution is -2.43. The van der Waals surface area contributed by atoms with Gasteiger partial charge in [0.1, 0.15) is 0 Å². The molecule has 1 aromatic heterocycles. The Balaban J connectivity index is 0.00000208. The molecule has 1 unspecified atom stereocenters. The van der Waals surface area contributed by atoms with Crippen LogP contribution in [0.25, 0.3) is 0 Å². The van der Waals surface area contributed by atoms with Crippen LogP contribution in [0.2, 0.25) is 0 Å². The van der Waals surface area contributed by atoms with Gasteiger partial charge in [0.05, 0.1) is 12.6 Å². The molecule has 2 fully saturated rings. The highest BCUT2D eigenvalue weighted by Gasteiger charge is 2.25. The molecule has 0 spiro atoms. The van der Waals surface area contributed by atoms with Crippen molar-refractivity contribution in [3.63, 3.8) is 0 Å². The van der Waals surface area contributed by atoms with Gasteiger partial charge in [-0.3, -0.25) is 9.89 Å². The first-order valence-electron chi connectivity index (χ1n) is 8.64. The second-order valence-electron chi connectivity index (χ2n) is 6.55. The Kier molecular flexibility index (Phi) is 8.66. The molecule has 0 amide bonds. The molecule has 136 valence electrons. The topological polar surface area (TPSA) is 44.9 Å². The summed E-state index contributed by atoms with van der Waals surface area (Å²) in [4.78, 5) is 11.0. The molecule has 0 aliphatic carbocycles. The minimum absolute atomic E-state index is 0. The van der Waals surface area contributed by atoms with Gasteiger partial charge in [-0.1, -0.05) is 13.0 Å². The first-order valence-corrected chi connectivity index (χ1v) is 10.7. The summed E-state index contributed by atoms with van der Waals surface area (Å²) < 4.78 is 0. The Morgan fingerprint density at radius 2 is 2.00 bits per heavy atom. The quantitative estimate of drug-likeness (QED) is 0.407.